The van der Waals surface area contributed by atoms with E-state index in [9.17, 15) is 19.5 Å². The van der Waals surface area contributed by atoms with Gasteiger partial charge in [0.15, 0.2) is 0 Å². The second kappa shape index (κ2) is 12.4. The predicted octanol–water partition coefficient (Wildman–Crippen LogP) is 4.10. The van der Waals surface area contributed by atoms with Crippen LogP contribution in [0.1, 0.15) is 41.0 Å². The summed E-state index contributed by atoms with van der Waals surface area (Å²) in [6, 6.07) is 6.48. The largest absolute Gasteiger partial charge is 0.466 e. The summed E-state index contributed by atoms with van der Waals surface area (Å²) in [4.78, 5) is 47.8. The third-order valence-corrected chi connectivity index (χ3v) is 11.9. The Hall–Kier alpha value is -2.04. The molecular weight excluding hydrogens is 594 g/mol. The number of nitrogens with zero attached hydrogens (tertiary/aromatic N) is 3. The van der Waals surface area contributed by atoms with E-state index < -0.39 is 34.6 Å². The highest BCUT2D eigenvalue weighted by molar-refractivity contribution is 9.09. The summed E-state index contributed by atoms with van der Waals surface area (Å²) in [5.41, 5.74) is 1.79. The fourth-order valence-corrected chi connectivity index (χ4v) is 10.4. The molecule has 220 valence electrons. The Bertz CT molecular complexity index is 1110. The van der Waals surface area contributed by atoms with Crippen LogP contribution in [0.15, 0.2) is 36.9 Å². The minimum Gasteiger partial charge on any atom is -0.466 e. The zero-order valence-corrected chi connectivity index (χ0v) is 26.5. The molecule has 3 aliphatic rings. The number of carbonyl (C=O) groups excluding carboxylic acids is 3. The number of esters is 1. The first kappa shape index (κ1) is 30.9. The maximum absolute atomic E-state index is 14.7. The topological polar surface area (TPSA) is 90.4 Å². The number of benzene rings is 1. The second-order valence-corrected chi connectivity index (χ2v) is 13.8. The van der Waals surface area contributed by atoms with Gasteiger partial charge in [-0.3, -0.25) is 14.4 Å². The molecule has 0 aliphatic carbocycles. The van der Waals surface area contributed by atoms with Crippen LogP contribution >= 0.6 is 27.7 Å². The Morgan fingerprint density at radius 2 is 1.85 bits per heavy atom. The van der Waals surface area contributed by atoms with E-state index in [2.05, 4.69) is 41.3 Å². The minimum absolute atomic E-state index is 0.0426. The van der Waals surface area contributed by atoms with Crippen LogP contribution in [0.25, 0.3) is 0 Å². The highest BCUT2D eigenvalue weighted by Crippen LogP contribution is 2.68. The van der Waals surface area contributed by atoms with Crippen LogP contribution in [-0.4, -0.2) is 87.5 Å². The first-order valence-electron chi connectivity index (χ1n) is 14.3. The number of halogens is 1. The molecular formula is C30H42BrN3O5S. The van der Waals surface area contributed by atoms with Crippen LogP contribution in [0.2, 0.25) is 0 Å². The van der Waals surface area contributed by atoms with E-state index >= 15 is 0 Å². The Labute approximate surface area is 250 Å². The van der Waals surface area contributed by atoms with Gasteiger partial charge in [0.25, 0.3) is 5.91 Å². The van der Waals surface area contributed by atoms with Crippen molar-refractivity contribution in [3.05, 3.63) is 36.9 Å². The molecule has 0 saturated carbocycles. The van der Waals surface area contributed by atoms with Crippen molar-refractivity contribution in [1.82, 2.24) is 4.90 Å². The van der Waals surface area contributed by atoms with E-state index in [1.807, 2.05) is 38.1 Å². The van der Waals surface area contributed by atoms with Crippen LogP contribution in [-0.2, 0) is 19.1 Å². The number of aliphatic hydroxyl groups is 1. The average Bonchev–Trinajstić information content (AvgIpc) is 3.52. The lowest BCUT2D eigenvalue weighted by Gasteiger charge is -2.41. The number of fused-ring (bicyclic) bond motifs is 1. The molecule has 0 radical (unpaired) electrons. The number of amides is 2. The van der Waals surface area contributed by atoms with Crippen molar-refractivity contribution in [1.29, 1.82) is 0 Å². The van der Waals surface area contributed by atoms with Crippen molar-refractivity contribution >= 4 is 56.9 Å². The van der Waals surface area contributed by atoms with Gasteiger partial charge >= 0.3 is 5.97 Å². The van der Waals surface area contributed by atoms with E-state index in [0.717, 1.165) is 18.8 Å². The molecule has 0 aromatic heterocycles. The van der Waals surface area contributed by atoms with Crippen LogP contribution in [0.4, 0.5) is 11.4 Å². The molecule has 1 aromatic carbocycles. The van der Waals surface area contributed by atoms with Crippen molar-refractivity contribution in [2.24, 2.45) is 17.8 Å². The van der Waals surface area contributed by atoms with Crippen LogP contribution in [0.5, 0.6) is 0 Å². The van der Waals surface area contributed by atoms with Crippen molar-refractivity contribution in [2.45, 2.75) is 67.9 Å². The Kier molecular flexibility index (Phi) is 9.62. The average molecular weight is 637 g/mol. The molecule has 8 nitrogen and oxygen atoms in total. The molecule has 7 atom stereocenters. The van der Waals surface area contributed by atoms with Gasteiger partial charge in [-0.25, -0.2) is 0 Å². The van der Waals surface area contributed by atoms with E-state index in [4.69, 9.17) is 4.74 Å². The fourth-order valence-electron chi connectivity index (χ4n) is 6.86. The molecule has 3 saturated heterocycles. The van der Waals surface area contributed by atoms with Gasteiger partial charge in [-0.05, 0) is 57.4 Å². The SMILES string of the molecule is C=CCN(C(=O)C1N([C@@H](CO)C(C)C)C(=O)[C@@H]2[C@@H](C(=O)OCC)[C@@H]3SC12CC3Br)c1ccc(N(CC)CC)cc1. The minimum atomic E-state index is -0.846. The molecule has 3 fully saturated rings. The number of likely N-dealkylation sites (tertiary alicyclic amines) is 1. The molecule has 3 unspecified atom stereocenters. The lowest BCUT2D eigenvalue weighted by Crippen LogP contribution is -2.59. The molecule has 10 heteroatoms. The number of ether oxygens (including phenoxy) is 1. The van der Waals surface area contributed by atoms with Gasteiger partial charge < -0.3 is 24.5 Å². The molecule has 3 aliphatic heterocycles. The van der Waals surface area contributed by atoms with Crippen molar-refractivity contribution in [3.63, 3.8) is 0 Å². The zero-order chi connectivity index (χ0) is 29.4. The zero-order valence-electron chi connectivity index (χ0n) is 24.1. The number of hydrogen-bond donors (Lipinski definition) is 1. The van der Waals surface area contributed by atoms with E-state index in [1.54, 1.807) is 34.6 Å². The van der Waals surface area contributed by atoms with Crippen LogP contribution in [0.3, 0.4) is 0 Å². The lowest BCUT2D eigenvalue weighted by atomic mass is 9.71. The molecule has 3 heterocycles. The quantitative estimate of drug-likeness (QED) is 0.210. The Morgan fingerprint density at radius 1 is 1.23 bits per heavy atom. The highest BCUT2D eigenvalue weighted by Gasteiger charge is 2.76. The fraction of sp³-hybridized carbons (Fsp3) is 0.633. The normalized spacial score (nSPS) is 29.4. The summed E-state index contributed by atoms with van der Waals surface area (Å²) in [5.74, 6) is -2.28. The van der Waals surface area contributed by atoms with Gasteiger partial charge in [-0.15, -0.1) is 18.3 Å². The molecule has 1 N–H and O–H groups in total. The third-order valence-electron chi connectivity index (χ3n) is 8.70. The molecule has 2 bridgehead atoms. The standard InChI is InChI=1S/C30H42BrN3O5S/c1-7-15-33(20-13-11-19(12-14-20)32(8-2)9-3)28(37)26-30-16-21(31)25(40-30)23(29(38)39-10-4)24(30)27(36)34(26)22(17-35)18(5)6/h7,11-14,18,21-26,35H,1,8-10,15-17H2,2-6H3/t21?,22-,23+,24-,25+,26?,30?/m0/s1. The Morgan fingerprint density at radius 3 is 2.38 bits per heavy atom. The maximum atomic E-state index is 14.7. The van der Waals surface area contributed by atoms with Gasteiger partial charge in [-0.1, -0.05) is 35.9 Å². The van der Waals surface area contributed by atoms with Crippen molar-refractivity contribution < 1.29 is 24.2 Å². The van der Waals surface area contributed by atoms with Gasteiger partial charge in [0, 0.05) is 41.1 Å². The van der Waals surface area contributed by atoms with Gasteiger partial charge in [0.05, 0.1) is 35.8 Å². The maximum Gasteiger partial charge on any atom is 0.310 e. The van der Waals surface area contributed by atoms with Crippen molar-refractivity contribution in [2.75, 3.05) is 42.6 Å². The summed E-state index contributed by atoms with van der Waals surface area (Å²) in [6.07, 6.45) is 2.26. The summed E-state index contributed by atoms with van der Waals surface area (Å²) < 4.78 is 4.63. The summed E-state index contributed by atoms with van der Waals surface area (Å²) in [6.45, 7) is 15.7. The summed E-state index contributed by atoms with van der Waals surface area (Å²) in [7, 11) is 0. The van der Waals surface area contributed by atoms with Gasteiger partial charge in [0.1, 0.15) is 6.04 Å². The number of thioether (sulfide) groups is 1. The number of rotatable bonds is 12. The number of hydrogen-bond acceptors (Lipinski definition) is 7. The number of alkyl halides is 1. The third kappa shape index (κ3) is 4.98. The predicted molar refractivity (Wildman–Crippen MR) is 164 cm³/mol. The van der Waals surface area contributed by atoms with E-state index in [-0.39, 0.29) is 47.6 Å². The molecule has 40 heavy (non-hydrogen) atoms. The van der Waals surface area contributed by atoms with E-state index in [1.165, 1.54) is 0 Å². The van der Waals surface area contributed by atoms with Gasteiger partial charge in [0.2, 0.25) is 5.91 Å². The molecule has 1 aromatic rings. The van der Waals surface area contributed by atoms with E-state index in [0.29, 0.717) is 12.1 Å². The van der Waals surface area contributed by atoms with Crippen LogP contribution < -0.4 is 9.80 Å². The van der Waals surface area contributed by atoms with Crippen LogP contribution in [0, 0.1) is 17.8 Å². The first-order chi connectivity index (χ1) is 19.1. The highest BCUT2D eigenvalue weighted by atomic mass is 79.9. The second-order valence-electron chi connectivity index (χ2n) is 11.1. The number of anilines is 2. The Balaban J connectivity index is 1.81. The molecule has 2 amide bonds. The number of carbonyl (C=O) groups is 3. The number of aliphatic hydroxyl groups excluding tert-OH is 1. The van der Waals surface area contributed by atoms with Gasteiger partial charge in [-0.2, -0.15) is 0 Å². The molecule has 1 spiro atoms. The monoisotopic (exact) mass is 635 g/mol. The lowest BCUT2D eigenvalue weighted by molar-refractivity contribution is -0.154. The smallest absolute Gasteiger partial charge is 0.310 e. The summed E-state index contributed by atoms with van der Waals surface area (Å²) >= 11 is 5.35. The summed E-state index contributed by atoms with van der Waals surface area (Å²) in [5, 5.41) is 10.3. The first-order valence-corrected chi connectivity index (χ1v) is 16.1. The molecule has 4 rings (SSSR count). The van der Waals surface area contributed by atoms with Crippen molar-refractivity contribution in [3.8, 4) is 0 Å².